The summed E-state index contributed by atoms with van der Waals surface area (Å²) in [7, 11) is 0. The molecule has 0 aliphatic carbocycles. The largest absolute Gasteiger partial charge is 0.340 e. The van der Waals surface area contributed by atoms with Gasteiger partial charge in [0.05, 0.1) is 11.1 Å². The molecule has 3 rings (SSSR count). The minimum absolute atomic E-state index is 0.711. The fourth-order valence-electron chi connectivity index (χ4n) is 2.26. The Bertz CT molecular complexity index is 562. The molecule has 0 saturated heterocycles. The molecule has 4 heteroatoms. The molecule has 4 nitrogen and oxygen atoms in total. The van der Waals surface area contributed by atoms with Crippen LogP contribution in [0.15, 0.2) is 6.33 Å². The summed E-state index contributed by atoms with van der Waals surface area (Å²) in [6, 6.07) is 2.25. The van der Waals surface area contributed by atoms with E-state index in [4.69, 9.17) is 5.26 Å². The van der Waals surface area contributed by atoms with E-state index in [1.54, 1.807) is 0 Å². The van der Waals surface area contributed by atoms with Gasteiger partial charge in [0.15, 0.2) is 0 Å². The van der Waals surface area contributed by atoms with E-state index in [1.165, 1.54) is 6.33 Å². The fourth-order valence-corrected chi connectivity index (χ4v) is 2.26. The van der Waals surface area contributed by atoms with E-state index in [-0.39, 0.29) is 0 Å². The van der Waals surface area contributed by atoms with Gasteiger partial charge in [0.25, 0.3) is 0 Å². The molecule has 0 bridgehead atoms. The van der Waals surface area contributed by atoms with Crippen LogP contribution in [0.25, 0.3) is 11.0 Å². The Morgan fingerprint density at radius 3 is 3.27 bits per heavy atom. The number of fused-ring (bicyclic) bond motifs is 3. The standard InChI is InChI=1S/C11H9N4/c12-5-8-9-3-1-2-4-15(9)10-6-13-7-14-11(8)10/h7H,1-4H2. The number of aryl methyl sites for hydroxylation is 1. The van der Waals surface area contributed by atoms with E-state index < -0.39 is 0 Å². The Hall–Kier alpha value is -1.89. The van der Waals surface area contributed by atoms with Gasteiger partial charge in [-0.2, -0.15) is 5.26 Å². The Balaban J connectivity index is 2.44. The van der Waals surface area contributed by atoms with Crippen LogP contribution in [-0.2, 0) is 13.0 Å². The van der Waals surface area contributed by atoms with E-state index in [9.17, 15) is 0 Å². The number of aromatic nitrogens is 3. The van der Waals surface area contributed by atoms with Gasteiger partial charge in [-0.1, -0.05) is 0 Å². The third-order valence-electron chi connectivity index (χ3n) is 2.92. The second kappa shape index (κ2) is 3.06. The topological polar surface area (TPSA) is 54.5 Å². The monoisotopic (exact) mass is 197 g/mol. The highest BCUT2D eigenvalue weighted by Gasteiger charge is 2.20. The van der Waals surface area contributed by atoms with Crippen LogP contribution in [0.3, 0.4) is 0 Å². The minimum atomic E-state index is 0.711. The van der Waals surface area contributed by atoms with Gasteiger partial charge in [-0.3, -0.25) is 0 Å². The lowest BCUT2D eigenvalue weighted by atomic mass is 10.1. The van der Waals surface area contributed by atoms with Crippen molar-refractivity contribution >= 4 is 11.0 Å². The zero-order valence-electron chi connectivity index (χ0n) is 8.19. The van der Waals surface area contributed by atoms with E-state index >= 15 is 0 Å². The summed E-state index contributed by atoms with van der Waals surface area (Å²) in [5, 5.41) is 9.14. The summed E-state index contributed by atoms with van der Waals surface area (Å²) in [4.78, 5) is 8.07. The van der Waals surface area contributed by atoms with Crippen molar-refractivity contribution in [2.24, 2.45) is 0 Å². The first-order chi connectivity index (χ1) is 7.42. The molecule has 0 atom stereocenters. The number of hydrogen-bond acceptors (Lipinski definition) is 3. The molecule has 0 saturated carbocycles. The van der Waals surface area contributed by atoms with E-state index in [2.05, 4.69) is 26.8 Å². The third-order valence-corrected chi connectivity index (χ3v) is 2.92. The molecule has 1 aliphatic rings. The van der Waals surface area contributed by atoms with Gasteiger partial charge in [0.1, 0.15) is 24.1 Å². The summed E-state index contributed by atoms with van der Waals surface area (Å²) in [6.45, 7) is 0.956. The highest BCUT2D eigenvalue weighted by atomic mass is 15.0. The highest BCUT2D eigenvalue weighted by Crippen LogP contribution is 2.27. The molecule has 0 N–H and O–H groups in total. The molecule has 0 amide bonds. The van der Waals surface area contributed by atoms with Crippen molar-refractivity contribution in [3.63, 3.8) is 0 Å². The molecule has 1 radical (unpaired) electrons. The first-order valence-electron chi connectivity index (χ1n) is 5.05. The molecule has 2 aromatic heterocycles. The zero-order valence-corrected chi connectivity index (χ0v) is 8.19. The van der Waals surface area contributed by atoms with E-state index in [1.807, 2.05) is 0 Å². The summed E-state index contributed by atoms with van der Waals surface area (Å²) >= 11 is 0. The van der Waals surface area contributed by atoms with E-state index in [0.29, 0.717) is 5.56 Å². The predicted octanol–water partition coefficient (Wildman–Crippen LogP) is 1.44. The minimum Gasteiger partial charge on any atom is -0.340 e. The Kier molecular flexibility index (Phi) is 1.72. The van der Waals surface area contributed by atoms with Gasteiger partial charge in [0, 0.05) is 12.2 Å². The number of hydrogen-bond donors (Lipinski definition) is 0. The highest BCUT2D eigenvalue weighted by molar-refractivity contribution is 5.83. The van der Waals surface area contributed by atoms with Crippen molar-refractivity contribution < 1.29 is 0 Å². The van der Waals surface area contributed by atoms with Gasteiger partial charge >= 0.3 is 0 Å². The molecular weight excluding hydrogens is 188 g/mol. The molecule has 0 unspecified atom stereocenters. The Labute approximate surface area is 87.2 Å². The lowest BCUT2D eigenvalue weighted by Gasteiger charge is -2.15. The van der Waals surface area contributed by atoms with Gasteiger partial charge in [-0.25, -0.2) is 9.97 Å². The van der Waals surface area contributed by atoms with Gasteiger partial charge in [0.2, 0.25) is 0 Å². The first-order valence-corrected chi connectivity index (χ1v) is 5.05. The van der Waals surface area contributed by atoms with Crippen LogP contribution in [0, 0.1) is 17.5 Å². The lowest BCUT2D eigenvalue weighted by Crippen LogP contribution is -2.10. The van der Waals surface area contributed by atoms with Gasteiger partial charge < -0.3 is 4.57 Å². The van der Waals surface area contributed by atoms with Crippen LogP contribution < -0.4 is 0 Å². The maximum atomic E-state index is 9.14. The third kappa shape index (κ3) is 1.06. The summed E-state index contributed by atoms with van der Waals surface area (Å²) in [5.41, 5.74) is 3.45. The van der Waals surface area contributed by atoms with Crippen molar-refractivity contribution in [3.8, 4) is 6.07 Å². The average molecular weight is 197 g/mol. The second-order valence-electron chi connectivity index (χ2n) is 3.72. The molecule has 2 aromatic rings. The molecule has 0 spiro atoms. The predicted molar refractivity (Wildman–Crippen MR) is 54.0 cm³/mol. The summed E-state index contributed by atoms with van der Waals surface area (Å²) < 4.78 is 2.14. The average Bonchev–Trinajstić information content (AvgIpc) is 2.63. The van der Waals surface area contributed by atoms with Crippen LogP contribution in [0.2, 0.25) is 0 Å². The zero-order chi connectivity index (χ0) is 10.3. The van der Waals surface area contributed by atoms with Crippen molar-refractivity contribution in [3.05, 3.63) is 23.8 Å². The van der Waals surface area contributed by atoms with Crippen LogP contribution in [0.1, 0.15) is 24.1 Å². The van der Waals surface area contributed by atoms with Gasteiger partial charge in [-0.05, 0) is 19.3 Å². The SMILES string of the molecule is N#Cc1c2n(c3[c]ncnc13)CCCC2. The van der Waals surface area contributed by atoms with Crippen LogP contribution >= 0.6 is 0 Å². The lowest BCUT2D eigenvalue weighted by molar-refractivity contribution is 0.543. The molecule has 1 aliphatic heterocycles. The Morgan fingerprint density at radius 1 is 1.47 bits per heavy atom. The van der Waals surface area contributed by atoms with Crippen molar-refractivity contribution in [2.75, 3.05) is 0 Å². The second-order valence-corrected chi connectivity index (χ2v) is 3.72. The summed E-state index contributed by atoms with van der Waals surface area (Å²) in [6.07, 6.45) is 7.66. The van der Waals surface area contributed by atoms with Crippen molar-refractivity contribution in [1.82, 2.24) is 14.5 Å². The molecule has 0 aromatic carbocycles. The molecule has 73 valence electrons. The fraction of sp³-hybridized carbons (Fsp3) is 0.364. The first kappa shape index (κ1) is 8.42. The molecular formula is C11H9N4. The maximum Gasteiger partial charge on any atom is 0.119 e. The summed E-state index contributed by atoms with van der Waals surface area (Å²) in [5.74, 6) is 0. The van der Waals surface area contributed by atoms with Crippen molar-refractivity contribution in [1.29, 1.82) is 5.26 Å². The maximum absolute atomic E-state index is 9.14. The van der Waals surface area contributed by atoms with E-state index in [0.717, 1.165) is 42.5 Å². The number of nitriles is 1. The van der Waals surface area contributed by atoms with Crippen LogP contribution in [-0.4, -0.2) is 14.5 Å². The molecule has 3 heterocycles. The van der Waals surface area contributed by atoms with Gasteiger partial charge in [-0.15, -0.1) is 0 Å². The Morgan fingerprint density at radius 2 is 2.40 bits per heavy atom. The normalized spacial score (nSPS) is 14.9. The molecule has 0 fully saturated rings. The van der Waals surface area contributed by atoms with Crippen LogP contribution in [0.5, 0.6) is 0 Å². The smallest absolute Gasteiger partial charge is 0.119 e. The molecule has 15 heavy (non-hydrogen) atoms. The number of nitrogens with zero attached hydrogens (tertiary/aromatic N) is 4. The quantitative estimate of drug-likeness (QED) is 0.642. The van der Waals surface area contributed by atoms with Crippen molar-refractivity contribution in [2.45, 2.75) is 25.8 Å². The van der Waals surface area contributed by atoms with Crippen LogP contribution in [0.4, 0.5) is 0 Å². The number of rotatable bonds is 0.